The summed E-state index contributed by atoms with van der Waals surface area (Å²) in [6, 6.07) is 6.40. The Morgan fingerprint density at radius 2 is 1.78 bits per heavy atom. The maximum Gasteiger partial charge on any atom is 0.239 e. The number of amides is 1. The van der Waals surface area contributed by atoms with E-state index in [0.717, 1.165) is 6.26 Å². The molecule has 0 fully saturated rings. The smallest absolute Gasteiger partial charge is 0.239 e. The Bertz CT molecular complexity index is 507. The van der Waals surface area contributed by atoms with Crippen molar-refractivity contribution in [3.63, 3.8) is 0 Å². The van der Waals surface area contributed by atoms with Crippen LogP contribution >= 0.6 is 0 Å². The van der Waals surface area contributed by atoms with Gasteiger partial charge in [0.15, 0.2) is 9.84 Å². The number of sulfone groups is 1. The van der Waals surface area contributed by atoms with Crippen LogP contribution in [-0.4, -0.2) is 33.2 Å². The van der Waals surface area contributed by atoms with E-state index in [1.54, 1.807) is 12.1 Å². The lowest BCUT2D eigenvalue weighted by Gasteiger charge is -2.10. The van der Waals surface area contributed by atoms with Crippen molar-refractivity contribution >= 4 is 21.4 Å². The molecule has 0 bridgehead atoms. The summed E-state index contributed by atoms with van der Waals surface area (Å²) < 4.78 is 22.5. The molecule has 0 unspecified atom stereocenters. The highest BCUT2D eigenvalue weighted by Crippen LogP contribution is 2.13. The van der Waals surface area contributed by atoms with E-state index >= 15 is 0 Å². The van der Waals surface area contributed by atoms with Crippen LogP contribution in [0.4, 0.5) is 5.69 Å². The van der Waals surface area contributed by atoms with Crippen molar-refractivity contribution in [2.75, 3.05) is 18.1 Å². The zero-order valence-corrected chi connectivity index (χ0v) is 11.5. The van der Waals surface area contributed by atoms with Crippen molar-refractivity contribution in [3.05, 3.63) is 24.3 Å². The molecule has 1 rings (SSSR count). The molecular weight excluding hydrogens is 252 g/mol. The summed E-state index contributed by atoms with van der Waals surface area (Å²) in [4.78, 5) is 11.6. The second-order valence-electron chi connectivity index (χ2n) is 4.37. The van der Waals surface area contributed by atoms with E-state index in [1.807, 2.05) is 13.8 Å². The molecule has 0 saturated heterocycles. The van der Waals surface area contributed by atoms with E-state index < -0.39 is 9.84 Å². The van der Waals surface area contributed by atoms with E-state index in [-0.39, 0.29) is 23.4 Å². The summed E-state index contributed by atoms with van der Waals surface area (Å²) >= 11 is 0. The molecule has 0 saturated carbocycles. The predicted molar refractivity (Wildman–Crippen MR) is 71.3 cm³/mol. The average molecular weight is 270 g/mol. The second kappa shape index (κ2) is 5.86. The predicted octanol–water partition coefficient (Wildman–Crippen LogP) is 1.03. The number of hydrogen-bond acceptors (Lipinski definition) is 4. The van der Waals surface area contributed by atoms with Gasteiger partial charge in [0.05, 0.1) is 11.4 Å². The van der Waals surface area contributed by atoms with Crippen LogP contribution in [-0.2, 0) is 14.6 Å². The van der Waals surface area contributed by atoms with Crippen LogP contribution in [0.5, 0.6) is 0 Å². The van der Waals surface area contributed by atoms with E-state index in [2.05, 4.69) is 10.6 Å². The molecule has 0 spiro atoms. The van der Waals surface area contributed by atoms with Gasteiger partial charge in [-0.25, -0.2) is 8.42 Å². The third kappa shape index (κ3) is 4.75. The average Bonchev–Trinajstić information content (AvgIpc) is 2.25. The van der Waals surface area contributed by atoms with Gasteiger partial charge in [-0.2, -0.15) is 0 Å². The summed E-state index contributed by atoms with van der Waals surface area (Å²) in [6.07, 6.45) is 1.16. The van der Waals surface area contributed by atoms with Gasteiger partial charge in [-0.1, -0.05) is 0 Å². The van der Waals surface area contributed by atoms with Gasteiger partial charge in [-0.05, 0) is 38.1 Å². The molecule has 0 atom stereocenters. The number of carbonyl (C=O) groups is 1. The lowest BCUT2D eigenvalue weighted by molar-refractivity contribution is -0.119. The van der Waals surface area contributed by atoms with Crippen LogP contribution in [0.25, 0.3) is 0 Å². The Morgan fingerprint density at radius 3 is 2.22 bits per heavy atom. The third-order valence-electron chi connectivity index (χ3n) is 2.19. The van der Waals surface area contributed by atoms with Gasteiger partial charge < -0.3 is 10.6 Å². The molecule has 1 aromatic rings. The Hall–Kier alpha value is -1.56. The maximum absolute atomic E-state index is 11.4. The number of benzene rings is 1. The van der Waals surface area contributed by atoms with Crippen molar-refractivity contribution in [2.45, 2.75) is 24.8 Å². The molecule has 1 amide bonds. The molecule has 18 heavy (non-hydrogen) atoms. The van der Waals surface area contributed by atoms with E-state index in [1.165, 1.54) is 12.1 Å². The summed E-state index contributed by atoms with van der Waals surface area (Å²) in [5, 5.41) is 5.67. The van der Waals surface area contributed by atoms with Crippen molar-refractivity contribution < 1.29 is 13.2 Å². The van der Waals surface area contributed by atoms with E-state index in [4.69, 9.17) is 0 Å². The van der Waals surface area contributed by atoms with Crippen molar-refractivity contribution in [1.82, 2.24) is 5.32 Å². The molecule has 0 aliphatic carbocycles. The Balaban J connectivity index is 2.57. The number of nitrogens with one attached hydrogen (secondary N) is 2. The lowest BCUT2D eigenvalue weighted by atomic mass is 10.3. The van der Waals surface area contributed by atoms with Crippen molar-refractivity contribution in [1.29, 1.82) is 0 Å². The second-order valence-corrected chi connectivity index (χ2v) is 6.39. The molecular formula is C12H18N2O3S. The minimum atomic E-state index is -3.17. The SMILES string of the molecule is CC(C)NC(=O)CNc1ccc(S(C)(=O)=O)cc1. The minimum absolute atomic E-state index is 0.0998. The zero-order chi connectivity index (χ0) is 13.8. The third-order valence-corrected chi connectivity index (χ3v) is 3.31. The topological polar surface area (TPSA) is 75.3 Å². The number of anilines is 1. The standard InChI is InChI=1S/C12H18N2O3S/c1-9(2)14-12(15)8-13-10-4-6-11(7-5-10)18(3,16)17/h4-7,9,13H,8H2,1-3H3,(H,14,15). The zero-order valence-electron chi connectivity index (χ0n) is 10.7. The molecule has 2 N–H and O–H groups in total. The number of carbonyl (C=O) groups excluding carboxylic acids is 1. The van der Waals surface area contributed by atoms with Gasteiger partial charge in [0.25, 0.3) is 0 Å². The summed E-state index contributed by atoms with van der Waals surface area (Å²) in [5.41, 5.74) is 0.710. The summed E-state index contributed by atoms with van der Waals surface area (Å²) in [7, 11) is -3.17. The number of hydrogen-bond donors (Lipinski definition) is 2. The van der Waals surface area contributed by atoms with Crippen LogP contribution in [0.15, 0.2) is 29.2 Å². The number of rotatable bonds is 5. The first-order valence-electron chi connectivity index (χ1n) is 5.62. The Labute approximate surface area is 108 Å². The van der Waals surface area contributed by atoms with Crippen LogP contribution in [0.2, 0.25) is 0 Å². The molecule has 6 heteroatoms. The monoisotopic (exact) mass is 270 g/mol. The quantitative estimate of drug-likeness (QED) is 0.838. The van der Waals surface area contributed by atoms with E-state index in [9.17, 15) is 13.2 Å². The van der Waals surface area contributed by atoms with Crippen LogP contribution in [0.3, 0.4) is 0 Å². The normalized spacial score (nSPS) is 11.3. The highest BCUT2D eigenvalue weighted by molar-refractivity contribution is 7.90. The van der Waals surface area contributed by atoms with Gasteiger partial charge in [-0.3, -0.25) is 4.79 Å². The van der Waals surface area contributed by atoms with Crippen molar-refractivity contribution in [3.8, 4) is 0 Å². The van der Waals surface area contributed by atoms with Crippen LogP contribution in [0, 0.1) is 0 Å². The molecule has 100 valence electrons. The van der Waals surface area contributed by atoms with Crippen LogP contribution in [0.1, 0.15) is 13.8 Å². The fourth-order valence-electron chi connectivity index (χ4n) is 1.38. The van der Waals surface area contributed by atoms with Crippen molar-refractivity contribution in [2.24, 2.45) is 0 Å². The molecule has 0 aromatic heterocycles. The Kier molecular flexibility index (Phi) is 4.72. The molecule has 0 radical (unpaired) electrons. The molecule has 0 aliphatic heterocycles. The van der Waals surface area contributed by atoms with Gasteiger partial charge in [0.2, 0.25) is 5.91 Å². The summed E-state index contributed by atoms with van der Waals surface area (Å²) in [6.45, 7) is 3.94. The van der Waals surface area contributed by atoms with Gasteiger partial charge >= 0.3 is 0 Å². The van der Waals surface area contributed by atoms with Gasteiger partial charge in [-0.15, -0.1) is 0 Å². The van der Waals surface area contributed by atoms with Gasteiger partial charge in [0, 0.05) is 18.0 Å². The molecule has 0 heterocycles. The first kappa shape index (κ1) is 14.5. The lowest BCUT2D eigenvalue weighted by Crippen LogP contribution is -2.34. The minimum Gasteiger partial charge on any atom is -0.376 e. The molecule has 5 nitrogen and oxygen atoms in total. The van der Waals surface area contributed by atoms with Gasteiger partial charge in [0.1, 0.15) is 0 Å². The largest absolute Gasteiger partial charge is 0.376 e. The molecule has 1 aromatic carbocycles. The Morgan fingerprint density at radius 1 is 1.22 bits per heavy atom. The van der Waals surface area contributed by atoms with E-state index in [0.29, 0.717) is 5.69 Å². The first-order valence-corrected chi connectivity index (χ1v) is 7.51. The first-order chi connectivity index (χ1) is 8.29. The highest BCUT2D eigenvalue weighted by Gasteiger charge is 2.07. The fraction of sp³-hybridized carbons (Fsp3) is 0.417. The highest BCUT2D eigenvalue weighted by atomic mass is 32.2. The van der Waals surface area contributed by atoms with Crippen LogP contribution < -0.4 is 10.6 Å². The maximum atomic E-state index is 11.4. The molecule has 0 aliphatic rings. The fourth-order valence-corrected chi connectivity index (χ4v) is 2.01. The summed E-state index contributed by atoms with van der Waals surface area (Å²) in [5.74, 6) is -0.0998.